The minimum Gasteiger partial charge on any atom is -0.260 e. The van der Waals surface area contributed by atoms with Crippen molar-refractivity contribution in [1.82, 2.24) is 0 Å². The summed E-state index contributed by atoms with van der Waals surface area (Å²) in [7, 11) is 0. The molecular formula is C16H11CrN3O4+5. The molecule has 0 heterocycles. The molecule has 7 nitrogen and oxygen atoms in total. The first kappa shape index (κ1) is 29.4. The fourth-order valence-corrected chi connectivity index (χ4v) is 1.15. The van der Waals surface area contributed by atoms with E-state index in [1.807, 2.05) is 60.7 Å². The second-order valence-electron chi connectivity index (χ2n) is 3.01. The van der Waals surface area contributed by atoms with Gasteiger partial charge in [-0.25, -0.2) is 0 Å². The van der Waals surface area contributed by atoms with Crippen LogP contribution in [0.1, 0.15) is 0 Å². The van der Waals surface area contributed by atoms with Crippen LogP contribution in [0.15, 0.2) is 71.0 Å². The molecule has 0 aliphatic heterocycles. The van der Waals surface area contributed by atoms with Gasteiger partial charge in [0.05, 0.1) is 11.4 Å². The second kappa shape index (κ2) is 28.5. The molecule has 0 aliphatic rings. The van der Waals surface area contributed by atoms with E-state index in [1.165, 1.54) is 0 Å². The first-order valence-electron chi connectivity index (χ1n) is 5.54. The molecule has 115 valence electrons. The van der Waals surface area contributed by atoms with Crippen molar-refractivity contribution in [3.8, 4) is 0 Å². The molecule has 1 radical (unpaired) electrons. The number of nitrogens with zero attached hydrogens (tertiary/aromatic N) is 2. The van der Waals surface area contributed by atoms with Crippen molar-refractivity contribution in [3.63, 3.8) is 0 Å². The number of para-hydroxylation sites is 1. The normalized spacial score (nSPS) is 6.83. The van der Waals surface area contributed by atoms with Crippen molar-refractivity contribution in [2.45, 2.75) is 0 Å². The van der Waals surface area contributed by atoms with E-state index in [-0.39, 0.29) is 17.4 Å². The maximum absolute atomic E-state index is 7.50. The summed E-state index contributed by atoms with van der Waals surface area (Å²) in [4.78, 5) is 0. The van der Waals surface area contributed by atoms with E-state index < -0.39 is 0 Å². The topological polar surface area (TPSA) is 116 Å². The van der Waals surface area contributed by atoms with Crippen LogP contribution in [0.5, 0.6) is 0 Å². The standard InChI is InChI=1S/C12H11N3.4CO.Cr/c1-3-7-11(8-4-1)13-15-14-12-9-5-2-6-10-12;4*1-2;/h1-10H,(H,13,14);;;;;/q;;;;;+5. The van der Waals surface area contributed by atoms with Gasteiger partial charge in [-0.2, -0.15) is 0 Å². The monoisotopic (exact) mass is 361 g/mol. The van der Waals surface area contributed by atoms with E-state index in [2.05, 4.69) is 42.4 Å². The van der Waals surface area contributed by atoms with Gasteiger partial charge in [-0.1, -0.05) is 41.6 Å². The third-order valence-electron chi connectivity index (χ3n) is 1.87. The zero-order chi connectivity index (χ0) is 18.3. The molecule has 2 aromatic carbocycles. The first-order valence-corrected chi connectivity index (χ1v) is 5.54. The van der Waals surface area contributed by atoms with E-state index in [1.54, 1.807) is 0 Å². The predicted molar refractivity (Wildman–Crippen MR) is 76.7 cm³/mol. The number of hydrogen-bond acceptors (Lipinski definition) is 2. The maximum Gasteiger partial charge on any atom is 5.00 e. The van der Waals surface area contributed by atoms with Crippen LogP contribution in [0.25, 0.3) is 0 Å². The van der Waals surface area contributed by atoms with Crippen molar-refractivity contribution < 1.29 is 36.0 Å². The van der Waals surface area contributed by atoms with E-state index in [0.717, 1.165) is 11.4 Å². The number of rotatable bonds is 3. The molecule has 2 rings (SSSR count). The van der Waals surface area contributed by atoms with Crippen LogP contribution in [0.3, 0.4) is 0 Å². The van der Waals surface area contributed by atoms with Gasteiger partial charge < -0.3 is 0 Å². The summed E-state index contributed by atoms with van der Waals surface area (Å²) in [6.45, 7) is 18.0. The molecule has 0 saturated heterocycles. The molecule has 0 atom stereocenters. The maximum atomic E-state index is 7.50. The Morgan fingerprint density at radius 2 is 1.00 bits per heavy atom. The molecule has 8 heteroatoms. The van der Waals surface area contributed by atoms with Gasteiger partial charge in [-0.05, 0) is 24.3 Å². The van der Waals surface area contributed by atoms with Gasteiger partial charge >= 0.3 is 62.6 Å². The Bertz CT molecular complexity index is 572. The number of nitrogens with one attached hydrogen (secondary N) is 1. The molecule has 2 aromatic rings. The first-order chi connectivity index (χ1) is 11.4. The predicted octanol–water partition coefficient (Wildman–Crippen LogP) is 3.64. The smallest absolute Gasteiger partial charge is 0.260 e. The largest absolute Gasteiger partial charge is 5.00 e. The molecule has 0 saturated carbocycles. The van der Waals surface area contributed by atoms with Crippen molar-refractivity contribution in [2.24, 2.45) is 10.3 Å². The summed E-state index contributed by atoms with van der Waals surface area (Å²) in [6, 6.07) is 19.3. The fourth-order valence-electron chi connectivity index (χ4n) is 1.15. The zero-order valence-electron chi connectivity index (χ0n) is 12.2. The summed E-state index contributed by atoms with van der Waals surface area (Å²) in [5, 5.41) is 7.90. The Hall–Kier alpha value is -2.67. The molecule has 0 unspecified atom stereocenters. The Morgan fingerprint density at radius 3 is 1.42 bits per heavy atom. The average molecular weight is 361 g/mol. The van der Waals surface area contributed by atoms with Crippen molar-refractivity contribution in [1.29, 1.82) is 0 Å². The summed E-state index contributed by atoms with van der Waals surface area (Å²) in [5.41, 5.74) is 4.61. The van der Waals surface area contributed by atoms with Gasteiger partial charge in [0.25, 0.3) is 0 Å². The molecule has 0 amide bonds. The van der Waals surface area contributed by atoms with E-state index in [9.17, 15) is 0 Å². The summed E-state index contributed by atoms with van der Waals surface area (Å²) < 4.78 is 30.0. The van der Waals surface area contributed by atoms with Gasteiger partial charge in [-0.3, -0.25) is 5.43 Å². The zero-order valence-corrected chi connectivity index (χ0v) is 13.5. The van der Waals surface area contributed by atoms with Crippen LogP contribution < -0.4 is 5.43 Å². The summed E-state index contributed by atoms with van der Waals surface area (Å²) in [6.07, 6.45) is 0. The Balaban J connectivity index is -0.000000196. The second-order valence-corrected chi connectivity index (χ2v) is 3.01. The summed E-state index contributed by atoms with van der Waals surface area (Å²) >= 11 is 0. The molecule has 0 bridgehead atoms. The van der Waals surface area contributed by atoms with Crippen molar-refractivity contribution in [3.05, 3.63) is 87.3 Å². The van der Waals surface area contributed by atoms with Crippen LogP contribution in [0.4, 0.5) is 11.4 Å². The number of anilines is 1. The van der Waals surface area contributed by atoms with Gasteiger partial charge in [0.15, 0.2) is 0 Å². The molecule has 0 fully saturated rings. The minimum absolute atomic E-state index is 0. The van der Waals surface area contributed by atoms with Gasteiger partial charge in [-0.15, -0.1) is 5.11 Å². The van der Waals surface area contributed by atoms with Crippen LogP contribution in [0, 0.1) is 26.6 Å². The Kier molecular flexibility index (Phi) is 34.8. The van der Waals surface area contributed by atoms with Crippen LogP contribution >= 0.6 is 0 Å². The summed E-state index contributed by atoms with van der Waals surface area (Å²) in [5.74, 6) is 0. The SMILES string of the molecule is [C-]#[O+].[C-]#[O+].[C-]#[O+].[C-]#[O+].[Cr+5].c1ccc(N=NNc2ccccc2)cc1. The third kappa shape index (κ3) is 17.4. The Morgan fingerprint density at radius 1 is 0.625 bits per heavy atom. The fraction of sp³-hybridized carbons (Fsp3) is 0. The van der Waals surface area contributed by atoms with Crippen molar-refractivity contribution in [2.75, 3.05) is 5.43 Å². The Labute approximate surface area is 150 Å². The minimum atomic E-state index is 0. The van der Waals surface area contributed by atoms with Gasteiger partial charge in [0.1, 0.15) is 0 Å². The quantitative estimate of drug-likeness (QED) is 0.382. The number of hydrogen-bond donors (Lipinski definition) is 1. The van der Waals surface area contributed by atoms with Crippen molar-refractivity contribution >= 4 is 11.4 Å². The van der Waals surface area contributed by atoms with Gasteiger partial charge in [0.2, 0.25) is 0 Å². The third-order valence-corrected chi connectivity index (χ3v) is 1.87. The van der Waals surface area contributed by atoms with Crippen LogP contribution in [0.2, 0.25) is 0 Å². The molecular weight excluding hydrogens is 350 g/mol. The molecule has 24 heavy (non-hydrogen) atoms. The van der Waals surface area contributed by atoms with E-state index >= 15 is 0 Å². The van der Waals surface area contributed by atoms with Crippen LogP contribution in [-0.2, 0) is 36.0 Å². The molecule has 0 spiro atoms. The number of benzene rings is 2. The molecule has 1 N–H and O–H groups in total. The van der Waals surface area contributed by atoms with E-state index in [0.29, 0.717) is 0 Å². The van der Waals surface area contributed by atoms with Gasteiger partial charge in [0, 0.05) is 0 Å². The molecule has 0 aliphatic carbocycles. The van der Waals surface area contributed by atoms with Crippen LogP contribution in [-0.4, -0.2) is 0 Å². The average Bonchev–Trinajstić information content (AvgIpc) is 2.70. The molecule has 0 aromatic heterocycles. The van der Waals surface area contributed by atoms with E-state index in [4.69, 9.17) is 18.6 Å².